The Kier molecular flexibility index (Phi) is 4.41. The van der Waals surface area contributed by atoms with E-state index in [9.17, 15) is 0 Å². The van der Waals surface area contributed by atoms with Gasteiger partial charge in [-0.25, -0.2) is 0 Å². The Morgan fingerprint density at radius 3 is 2.81 bits per heavy atom. The monoisotopic (exact) mass is 300 g/mol. The molecule has 16 heavy (non-hydrogen) atoms. The SMILES string of the molecule is Nc1cc(Br)ccc1NCC1CCSCC1. The molecule has 1 aromatic rings. The molecule has 0 bridgehead atoms. The molecule has 0 atom stereocenters. The molecular formula is C12H17BrN2S. The second-order valence-electron chi connectivity index (χ2n) is 4.17. The van der Waals surface area contributed by atoms with Gasteiger partial charge in [0.05, 0.1) is 11.4 Å². The molecule has 1 aliphatic heterocycles. The lowest BCUT2D eigenvalue weighted by Gasteiger charge is -2.22. The van der Waals surface area contributed by atoms with Crippen LogP contribution in [-0.2, 0) is 0 Å². The zero-order valence-electron chi connectivity index (χ0n) is 9.21. The standard InChI is InChI=1S/C12H17BrN2S/c13-10-1-2-12(11(14)7-10)15-8-9-3-5-16-6-4-9/h1-2,7,9,15H,3-6,8,14H2. The lowest BCUT2D eigenvalue weighted by molar-refractivity contribution is 0.516. The summed E-state index contributed by atoms with van der Waals surface area (Å²) in [5.74, 6) is 3.42. The molecule has 3 N–H and O–H groups in total. The van der Waals surface area contributed by atoms with Crippen molar-refractivity contribution in [1.82, 2.24) is 0 Å². The number of anilines is 2. The van der Waals surface area contributed by atoms with Gasteiger partial charge in [0, 0.05) is 11.0 Å². The first-order valence-electron chi connectivity index (χ1n) is 5.62. The van der Waals surface area contributed by atoms with Crippen molar-refractivity contribution < 1.29 is 0 Å². The number of nitrogens with one attached hydrogen (secondary N) is 1. The molecule has 1 saturated heterocycles. The third-order valence-corrected chi connectivity index (χ3v) is 4.48. The number of benzene rings is 1. The molecule has 1 aliphatic rings. The zero-order valence-corrected chi connectivity index (χ0v) is 11.6. The number of thioether (sulfide) groups is 1. The fraction of sp³-hybridized carbons (Fsp3) is 0.500. The van der Waals surface area contributed by atoms with Crippen LogP contribution in [0.3, 0.4) is 0 Å². The molecule has 0 radical (unpaired) electrons. The van der Waals surface area contributed by atoms with E-state index in [1.54, 1.807) is 0 Å². The van der Waals surface area contributed by atoms with E-state index >= 15 is 0 Å². The van der Waals surface area contributed by atoms with Crippen LogP contribution in [0.1, 0.15) is 12.8 Å². The molecule has 1 fully saturated rings. The highest BCUT2D eigenvalue weighted by atomic mass is 79.9. The minimum absolute atomic E-state index is 0.810. The number of rotatable bonds is 3. The topological polar surface area (TPSA) is 38.0 Å². The molecule has 1 heterocycles. The summed E-state index contributed by atoms with van der Waals surface area (Å²) in [6.07, 6.45) is 2.65. The maximum absolute atomic E-state index is 5.94. The predicted octanol–water partition coefficient (Wildman–Crippen LogP) is 3.59. The minimum Gasteiger partial charge on any atom is -0.397 e. The Hall–Kier alpha value is -0.350. The van der Waals surface area contributed by atoms with Gasteiger partial charge in [-0.05, 0) is 48.5 Å². The largest absolute Gasteiger partial charge is 0.397 e. The van der Waals surface area contributed by atoms with Gasteiger partial charge >= 0.3 is 0 Å². The number of halogens is 1. The zero-order chi connectivity index (χ0) is 11.4. The lowest BCUT2D eigenvalue weighted by atomic mass is 10.0. The third kappa shape index (κ3) is 3.32. The Bertz CT molecular complexity index is 351. The molecule has 0 amide bonds. The van der Waals surface area contributed by atoms with Crippen LogP contribution in [0.5, 0.6) is 0 Å². The highest BCUT2D eigenvalue weighted by molar-refractivity contribution is 9.10. The molecule has 0 spiro atoms. The Labute approximate surface area is 109 Å². The van der Waals surface area contributed by atoms with E-state index in [1.165, 1.54) is 24.3 Å². The summed E-state index contributed by atoms with van der Waals surface area (Å²) in [6, 6.07) is 6.01. The number of hydrogen-bond donors (Lipinski definition) is 2. The second-order valence-corrected chi connectivity index (χ2v) is 6.31. The van der Waals surface area contributed by atoms with Crippen molar-refractivity contribution in [3.63, 3.8) is 0 Å². The molecular weight excluding hydrogens is 284 g/mol. The van der Waals surface area contributed by atoms with Gasteiger partial charge in [0.1, 0.15) is 0 Å². The summed E-state index contributed by atoms with van der Waals surface area (Å²) in [5, 5.41) is 3.45. The van der Waals surface area contributed by atoms with E-state index in [1.807, 2.05) is 18.2 Å². The van der Waals surface area contributed by atoms with Crippen molar-refractivity contribution in [2.75, 3.05) is 29.1 Å². The van der Waals surface area contributed by atoms with Crippen LogP contribution in [-0.4, -0.2) is 18.1 Å². The summed E-state index contributed by atoms with van der Waals surface area (Å²) in [5.41, 5.74) is 7.82. The Morgan fingerprint density at radius 2 is 2.12 bits per heavy atom. The predicted molar refractivity (Wildman–Crippen MR) is 77.1 cm³/mol. The molecule has 2 rings (SSSR count). The van der Waals surface area contributed by atoms with Gasteiger partial charge in [0.15, 0.2) is 0 Å². The first kappa shape index (κ1) is 12.1. The van der Waals surface area contributed by atoms with Crippen LogP contribution in [0.25, 0.3) is 0 Å². The molecule has 0 unspecified atom stereocenters. The fourth-order valence-electron chi connectivity index (χ4n) is 1.90. The van der Waals surface area contributed by atoms with Crippen molar-refractivity contribution in [2.45, 2.75) is 12.8 Å². The van der Waals surface area contributed by atoms with Gasteiger partial charge in [-0.15, -0.1) is 0 Å². The van der Waals surface area contributed by atoms with E-state index in [0.717, 1.165) is 28.3 Å². The molecule has 0 aromatic heterocycles. The van der Waals surface area contributed by atoms with Gasteiger partial charge in [0.2, 0.25) is 0 Å². The molecule has 0 aliphatic carbocycles. The highest BCUT2D eigenvalue weighted by Gasteiger charge is 2.13. The van der Waals surface area contributed by atoms with Gasteiger partial charge < -0.3 is 11.1 Å². The summed E-state index contributed by atoms with van der Waals surface area (Å²) in [7, 11) is 0. The quantitative estimate of drug-likeness (QED) is 0.838. The summed E-state index contributed by atoms with van der Waals surface area (Å²) in [6.45, 7) is 1.05. The van der Waals surface area contributed by atoms with Crippen molar-refractivity contribution in [2.24, 2.45) is 5.92 Å². The van der Waals surface area contributed by atoms with Crippen LogP contribution >= 0.6 is 27.7 Å². The summed E-state index contributed by atoms with van der Waals surface area (Å²) < 4.78 is 1.03. The Balaban J connectivity index is 1.88. The van der Waals surface area contributed by atoms with Crippen LogP contribution in [0.4, 0.5) is 11.4 Å². The molecule has 2 nitrogen and oxygen atoms in total. The van der Waals surface area contributed by atoms with Crippen LogP contribution in [0.2, 0.25) is 0 Å². The van der Waals surface area contributed by atoms with Gasteiger partial charge in [-0.1, -0.05) is 15.9 Å². The van der Waals surface area contributed by atoms with Crippen LogP contribution < -0.4 is 11.1 Å². The fourth-order valence-corrected chi connectivity index (χ4v) is 3.48. The summed E-state index contributed by atoms with van der Waals surface area (Å²) in [4.78, 5) is 0. The average Bonchev–Trinajstić information content (AvgIpc) is 2.29. The smallest absolute Gasteiger partial charge is 0.0574 e. The van der Waals surface area contributed by atoms with E-state index < -0.39 is 0 Å². The van der Waals surface area contributed by atoms with Crippen LogP contribution in [0.15, 0.2) is 22.7 Å². The first-order valence-corrected chi connectivity index (χ1v) is 7.57. The minimum atomic E-state index is 0.810. The first-order chi connectivity index (χ1) is 7.75. The van der Waals surface area contributed by atoms with Crippen molar-refractivity contribution in [3.05, 3.63) is 22.7 Å². The molecule has 0 saturated carbocycles. The van der Waals surface area contributed by atoms with E-state index in [4.69, 9.17) is 5.73 Å². The number of nitrogen functional groups attached to an aromatic ring is 1. The van der Waals surface area contributed by atoms with E-state index in [2.05, 4.69) is 33.0 Å². The second kappa shape index (κ2) is 5.82. The summed E-state index contributed by atoms with van der Waals surface area (Å²) >= 11 is 5.48. The third-order valence-electron chi connectivity index (χ3n) is 2.94. The lowest BCUT2D eigenvalue weighted by Crippen LogP contribution is -2.19. The average molecular weight is 301 g/mol. The van der Waals surface area contributed by atoms with Gasteiger partial charge in [0.25, 0.3) is 0 Å². The van der Waals surface area contributed by atoms with Gasteiger partial charge in [-0.2, -0.15) is 11.8 Å². The van der Waals surface area contributed by atoms with Crippen molar-refractivity contribution >= 4 is 39.1 Å². The van der Waals surface area contributed by atoms with E-state index in [0.29, 0.717) is 0 Å². The molecule has 88 valence electrons. The number of hydrogen-bond acceptors (Lipinski definition) is 3. The Morgan fingerprint density at radius 1 is 1.38 bits per heavy atom. The highest BCUT2D eigenvalue weighted by Crippen LogP contribution is 2.26. The van der Waals surface area contributed by atoms with Crippen molar-refractivity contribution in [3.8, 4) is 0 Å². The van der Waals surface area contributed by atoms with Crippen molar-refractivity contribution in [1.29, 1.82) is 0 Å². The number of nitrogens with two attached hydrogens (primary N) is 1. The van der Waals surface area contributed by atoms with Gasteiger partial charge in [-0.3, -0.25) is 0 Å². The normalized spacial score (nSPS) is 17.3. The van der Waals surface area contributed by atoms with Crippen LogP contribution in [0, 0.1) is 5.92 Å². The van der Waals surface area contributed by atoms with E-state index in [-0.39, 0.29) is 0 Å². The maximum Gasteiger partial charge on any atom is 0.0574 e. The molecule has 1 aromatic carbocycles. The molecule has 4 heteroatoms. The maximum atomic E-state index is 5.94.